The van der Waals surface area contributed by atoms with Crippen LogP contribution in [0.4, 0.5) is 0 Å². The van der Waals surface area contributed by atoms with Crippen molar-refractivity contribution in [3.8, 4) is 0 Å². The average Bonchev–Trinajstić information content (AvgIpc) is 2.28. The Balaban J connectivity index is 0. The van der Waals surface area contributed by atoms with Crippen LogP contribution in [-0.2, 0) is 0 Å². The van der Waals surface area contributed by atoms with Crippen LogP contribution < -0.4 is 0 Å². The summed E-state index contributed by atoms with van der Waals surface area (Å²) in [6.45, 7) is 11.4. The minimum Gasteiger partial charge on any atom is -0.0654 e. The molecule has 0 heterocycles. The van der Waals surface area contributed by atoms with E-state index in [0.717, 1.165) is 5.92 Å². The van der Waals surface area contributed by atoms with Gasteiger partial charge in [0.15, 0.2) is 0 Å². The van der Waals surface area contributed by atoms with Gasteiger partial charge in [-0.2, -0.15) is 0 Å². The molecule has 0 aliphatic rings. The zero-order valence-electron chi connectivity index (χ0n) is 12.6. The first-order valence-electron chi connectivity index (χ1n) is 7.72. The molecule has 0 aliphatic carbocycles. The van der Waals surface area contributed by atoms with Crippen molar-refractivity contribution in [2.75, 3.05) is 0 Å². The van der Waals surface area contributed by atoms with Crippen LogP contribution in [0.15, 0.2) is 0 Å². The SMILES string of the molecule is CCCCC(C)CCC.CCCCCCC. The Morgan fingerprint density at radius 1 is 0.562 bits per heavy atom. The Kier molecular flexibility index (Phi) is 20.0. The van der Waals surface area contributed by atoms with Crippen LogP contribution in [0, 0.1) is 5.92 Å². The van der Waals surface area contributed by atoms with E-state index in [4.69, 9.17) is 0 Å². The second kappa shape index (κ2) is 17.4. The third kappa shape index (κ3) is 19.6. The van der Waals surface area contributed by atoms with E-state index >= 15 is 0 Å². The molecule has 0 bridgehead atoms. The number of hydrogen-bond acceptors (Lipinski definition) is 0. The standard InChI is InChI=1S/C9H20.C7H16/c1-4-6-8-9(3)7-5-2;1-3-5-7-6-4-2/h9H,4-8H2,1-3H3;3-7H2,1-2H3. The third-order valence-electron chi connectivity index (χ3n) is 3.04. The molecule has 0 aromatic heterocycles. The second-order valence-corrected chi connectivity index (χ2v) is 5.10. The molecule has 0 rings (SSSR count). The summed E-state index contributed by atoms with van der Waals surface area (Å²) in [6.07, 6.45) is 14.0. The first-order chi connectivity index (χ1) is 7.72. The van der Waals surface area contributed by atoms with Crippen LogP contribution in [0.1, 0.15) is 98.8 Å². The van der Waals surface area contributed by atoms with Crippen LogP contribution in [0.2, 0.25) is 0 Å². The van der Waals surface area contributed by atoms with Gasteiger partial charge < -0.3 is 0 Å². The maximum absolute atomic E-state index is 2.36. The highest BCUT2D eigenvalue weighted by atomic mass is 14.0. The highest BCUT2D eigenvalue weighted by Gasteiger charge is 1.97. The van der Waals surface area contributed by atoms with Gasteiger partial charge in [0, 0.05) is 0 Å². The van der Waals surface area contributed by atoms with Gasteiger partial charge in [0.1, 0.15) is 0 Å². The van der Waals surface area contributed by atoms with Crippen LogP contribution in [-0.4, -0.2) is 0 Å². The first-order valence-corrected chi connectivity index (χ1v) is 7.72. The van der Waals surface area contributed by atoms with E-state index in [2.05, 4.69) is 34.6 Å². The maximum Gasteiger partial charge on any atom is -0.0443 e. The summed E-state index contributed by atoms with van der Waals surface area (Å²) in [6, 6.07) is 0. The molecule has 0 aromatic rings. The molecule has 0 aliphatic heterocycles. The van der Waals surface area contributed by atoms with Gasteiger partial charge in [-0.05, 0) is 5.92 Å². The molecular weight excluding hydrogens is 192 g/mol. The van der Waals surface area contributed by atoms with E-state index in [1.807, 2.05) is 0 Å². The summed E-state index contributed by atoms with van der Waals surface area (Å²) in [7, 11) is 0. The molecule has 100 valence electrons. The van der Waals surface area contributed by atoms with Gasteiger partial charge in [0.2, 0.25) is 0 Å². The van der Waals surface area contributed by atoms with E-state index < -0.39 is 0 Å². The molecule has 0 spiro atoms. The monoisotopic (exact) mass is 228 g/mol. The number of hydrogen-bond donors (Lipinski definition) is 0. The summed E-state index contributed by atoms with van der Waals surface area (Å²) >= 11 is 0. The molecule has 0 aromatic carbocycles. The fourth-order valence-corrected chi connectivity index (χ4v) is 1.87. The minimum atomic E-state index is 0.968. The molecule has 0 saturated carbocycles. The van der Waals surface area contributed by atoms with Gasteiger partial charge in [-0.15, -0.1) is 0 Å². The third-order valence-corrected chi connectivity index (χ3v) is 3.04. The van der Waals surface area contributed by atoms with Crippen molar-refractivity contribution in [2.24, 2.45) is 5.92 Å². The Morgan fingerprint density at radius 2 is 1.06 bits per heavy atom. The lowest BCUT2D eigenvalue weighted by atomic mass is 10.00. The van der Waals surface area contributed by atoms with E-state index in [-0.39, 0.29) is 0 Å². The molecule has 1 unspecified atom stereocenters. The Bertz CT molecular complexity index is 92.2. The highest BCUT2D eigenvalue weighted by molar-refractivity contribution is 4.50. The van der Waals surface area contributed by atoms with Crippen LogP contribution >= 0.6 is 0 Å². The zero-order chi connectivity index (χ0) is 12.6. The normalized spacial score (nSPS) is 11.8. The summed E-state index contributed by atoms with van der Waals surface area (Å²) in [5, 5.41) is 0. The van der Waals surface area contributed by atoms with E-state index in [9.17, 15) is 0 Å². The Labute approximate surface area is 105 Å². The predicted octanol–water partition coefficient (Wildman–Crippen LogP) is 6.59. The second-order valence-electron chi connectivity index (χ2n) is 5.10. The largest absolute Gasteiger partial charge is 0.0654 e. The highest BCUT2D eigenvalue weighted by Crippen LogP contribution is 2.12. The summed E-state index contributed by atoms with van der Waals surface area (Å²) in [5.74, 6) is 0.968. The van der Waals surface area contributed by atoms with Gasteiger partial charge in [0.05, 0.1) is 0 Å². The van der Waals surface area contributed by atoms with Gasteiger partial charge in [0.25, 0.3) is 0 Å². The van der Waals surface area contributed by atoms with Crippen molar-refractivity contribution in [1.29, 1.82) is 0 Å². The number of unbranched alkanes of at least 4 members (excludes halogenated alkanes) is 5. The lowest BCUT2D eigenvalue weighted by Gasteiger charge is -2.07. The van der Waals surface area contributed by atoms with Crippen molar-refractivity contribution in [3.63, 3.8) is 0 Å². The van der Waals surface area contributed by atoms with Crippen LogP contribution in [0.25, 0.3) is 0 Å². The Hall–Kier alpha value is 0. The van der Waals surface area contributed by atoms with Gasteiger partial charge in [-0.25, -0.2) is 0 Å². The molecular formula is C16H36. The topological polar surface area (TPSA) is 0 Å². The van der Waals surface area contributed by atoms with Crippen molar-refractivity contribution in [1.82, 2.24) is 0 Å². The minimum absolute atomic E-state index is 0.968. The van der Waals surface area contributed by atoms with Crippen molar-refractivity contribution in [2.45, 2.75) is 98.8 Å². The van der Waals surface area contributed by atoms with Crippen molar-refractivity contribution in [3.05, 3.63) is 0 Å². The van der Waals surface area contributed by atoms with Gasteiger partial charge in [-0.3, -0.25) is 0 Å². The lowest BCUT2D eigenvalue weighted by molar-refractivity contribution is 0.466. The van der Waals surface area contributed by atoms with Gasteiger partial charge in [-0.1, -0.05) is 98.8 Å². The molecule has 0 saturated heterocycles. The molecule has 0 radical (unpaired) electrons. The Morgan fingerprint density at radius 3 is 1.44 bits per heavy atom. The average molecular weight is 228 g/mol. The van der Waals surface area contributed by atoms with Gasteiger partial charge >= 0.3 is 0 Å². The summed E-state index contributed by atoms with van der Waals surface area (Å²) < 4.78 is 0. The molecule has 0 fully saturated rings. The summed E-state index contributed by atoms with van der Waals surface area (Å²) in [5.41, 5.74) is 0. The molecule has 0 heteroatoms. The molecule has 16 heavy (non-hydrogen) atoms. The maximum atomic E-state index is 2.36. The smallest absolute Gasteiger partial charge is 0.0443 e. The fraction of sp³-hybridized carbons (Fsp3) is 1.00. The molecule has 0 nitrogen and oxygen atoms in total. The lowest BCUT2D eigenvalue weighted by Crippen LogP contribution is -1.92. The van der Waals surface area contributed by atoms with E-state index in [0.29, 0.717) is 0 Å². The number of rotatable bonds is 9. The van der Waals surface area contributed by atoms with Crippen LogP contribution in [0.3, 0.4) is 0 Å². The molecule has 0 amide bonds. The molecule has 0 N–H and O–H groups in total. The quantitative estimate of drug-likeness (QED) is 0.390. The zero-order valence-corrected chi connectivity index (χ0v) is 12.6. The van der Waals surface area contributed by atoms with Crippen molar-refractivity contribution < 1.29 is 0 Å². The van der Waals surface area contributed by atoms with Crippen molar-refractivity contribution >= 4 is 0 Å². The first kappa shape index (κ1) is 18.4. The predicted molar refractivity (Wildman–Crippen MR) is 78.0 cm³/mol. The van der Waals surface area contributed by atoms with E-state index in [1.165, 1.54) is 64.2 Å². The molecule has 1 atom stereocenters. The van der Waals surface area contributed by atoms with Crippen LogP contribution in [0.5, 0.6) is 0 Å². The van der Waals surface area contributed by atoms with E-state index in [1.54, 1.807) is 0 Å². The fourth-order valence-electron chi connectivity index (χ4n) is 1.87. The summed E-state index contributed by atoms with van der Waals surface area (Å²) in [4.78, 5) is 0.